The van der Waals surface area contributed by atoms with Crippen molar-refractivity contribution >= 4 is 11.8 Å². The monoisotopic (exact) mass is 243 g/mol. The lowest BCUT2D eigenvalue weighted by Gasteiger charge is -2.22. The maximum atomic E-state index is 11.5. The van der Waals surface area contributed by atoms with Crippen LogP contribution in [0.15, 0.2) is 0 Å². The van der Waals surface area contributed by atoms with Crippen LogP contribution in [-0.2, 0) is 9.59 Å². The molecule has 0 rings (SSSR count). The molecule has 0 bridgehead atoms. The number of hydrogen-bond donors (Lipinski definition) is 3. The van der Waals surface area contributed by atoms with E-state index in [4.69, 9.17) is 5.73 Å². The molecule has 2 amide bonds. The Morgan fingerprint density at radius 2 is 1.71 bits per heavy atom. The van der Waals surface area contributed by atoms with Crippen LogP contribution in [0.4, 0.5) is 0 Å². The van der Waals surface area contributed by atoms with Gasteiger partial charge in [-0.3, -0.25) is 9.59 Å². The molecule has 5 heteroatoms. The molecule has 4 N–H and O–H groups in total. The van der Waals surface area contributed by atoms with Crippen molar-refractivity contribution in [1.29, 1.82) is 0 Å². The minimum atomic E-state index is -0.115. The van der Waals surface area contributed by atoms with Crippen LogP contribution in [0.25, 0.3) is 0 Å². The van der Waals surface area contributed by atoms with Crippen molar-refractivity contribution in [3.05, 3.63) is 0 Å². The third kappa shape index (κ3) is 11.2. The van der Waals surface area contributed by atoms with Gasteiger partial charge in [0, 0.05) is 32.5 Å². The van der Waals surface area contributed by atoms with Crippen molar-refractivity contribution in [2.45, 2.75) is 46.6 Å². The summed E-state index contributed by atoms with van der Waals surface area (Å²) in [7, 11) is 0. The lowest BCUT2D eigenvalue weighted by atomic mass is 9.87. The maximum Gasteiger partial charge on any atom is 0.221 e. The molecule has 0 aromatic rings. The van der Waals surface area contributed by atoms with Crippen LogP contribution in [0, 0.1) is 5.41 Å². The Kier molecular flexibility index (Phi) is 6.80. The van der Waals surface area contributed by atoms with E-state index in [1.54, 1.807) is 0 Å². The van der Waals surface area contributed by atoms with Gasteiger partial charge in [0.1, 0.15) is 0 Å². The second-order valence-electron chi connectivity index (χ2n) is 5.56. The van der Waals surface area contributed by atoms with Gasteiger partial charge in [-0.1, -0.05) is 20.8 Å². The quantitative estimate of drug-likeness (QED) is 0.590. The molecule has 1 unspecified atom stereocenters. The third-order valence-corrected chi connectivity index (χ3v) is 2.14. The summed E-state index contributed by atoms with van der Waals surface area (Å²) >= 11 is 0. The predicted octanol–water partition coefficient (Wildman–Crippen LogP) is 0.392. The predicted molar refractivity (Wildman–Crippen MR) is 68.4 cm³/mol. The molecule has 0 aliphatic carbocycles. The van der Waals surface area contributed by atoms with Crippen molar-refractivity contribution in [3.8, 4) is 0 Å². The van der Waals surface area contributed by atoms with Crippen LogP contribution in [0.3, 0.4) is 0 Å². The first-order chi connectivity index (χ1) is 7.70. The lowest BCUT2D eigenvalue weighted by Crippen LogP contribution is -2.37. The third-order valence-electron chi connectivity index (χ3n) is 2.14. The summed E-state index contributed by atoms with van der Waals surface area (Å²) in [6, 6.07) is -0.115. The van der Waals surface area contributed by atoms with E-state index in [0.29, 0.717) is 19.5 Å². The molecule has 0 aromatic heterocycles. The molecule has 0 saturated carbocycles. The molecule has 5 nitrogen and oxygen atoms in total. The lowest BCUT2D eigenvalue weighted by molar-refractivity contribution is -0.122. The molecule has 0 aliphatic heterocycles. The van der Waals surface area contributed by atoms with E-state index >= 15 is 0 Å². The Morgan fingerprint density at radius 1 is 1.18 bits per heavy atom. The molecular weight excluding hydrogens is 218 g/mol. The van der Waals surface area contributed by atoms with Gasteiger partial charge in [0.05, 0.1) is 0 Å². The summed E-state index contributed by atoms with van der Waals surface area (Å²) in [6.07, 6.45) is 1.14. The van der Waals surface area contributed by atoms with Crippen LogP contribution in [-0.4, -0.2) is 30.9 Å². The zero-order chi connectivity index (χ0) is 13.5. The van der Waals surface area contributed by atoms with Crippen LogP contribution < -0.4 is 16.4 Å². The molecule has 17 heavy (non-hydrogen) atoms. The Balaban J connectivity index is 3.68. The van der Waals surface area contributed by atoms with Crippen molar-refractivity contribution < 1.29 is 9.59 Å². The Labute approximate surface area is 104 Å². The highest BCUT2D eigenvalue weighted by molar-refractivity contribution is 5.76. The summed E-state index contributed by atoms with van der Waals surface area (Å²) in [5, 5.41) is 5.33. The SMILES string of the molecule is CC(=O)NCCNC(=O)CC(N)CC(C)(C)C. The number of carbonyl (C=O) groups excluding carboxylic acids is 2. The van der Waals surface area contributed by atoms with Crippen molar-refractivity contribution in [1.82, 2.24) is 10.6 Å². The highest BCUT2D eigenvalue weighted by Gasteiger charge is 2.17. The Bertz CT molecular complexity index is 259. The largest absolute Gasteiger partial charge is 0.355 e. The van der Waals surface area contributed by atoms with Gasteiger partial charge in [-0.05, 0) is 11.8 Å². The molecule has 0 aliphatic rings. The van der Waals surface area contributed by atoms with E-state index in [-0.39, 0.29) is 23.3 Å². The zero-order valence-electron chi connectivity index (χ0n) is 11.3. The van der Waals surface area contributed by atoms with E-state index in [1.165, 1.54) is 6.92 Å². The number of nitrogens with two attached hydrogens (primary N) is 1. The van der Waals surface area contributed by atoms with E-state index in [1.807, 2.05) is 0 Å². The Hall–Kier alpha value is -1.10. The van der Waals surface area contributed by atoms with E-state index in [9.17, 15) is 9.59 Å². The normalized spacial score (nSPS) is 13.0. The molecule has 0 aromatic carbocycles. The van der Waals surface area contributed by atoms with Gasteiger partial charge in [-0.25, -0.2) is 0 Å². The highest BCUT2D eigenvalue weighted by atomic mass is 16.2. The first-order valence-electron chi connectivity index (χ1n) is 5.97. The second kappa shape index (κ2) is 7.27. The van der Waals surface area contributed by atoms with E-state index in [0.717, 1.165) is 6.42 Å². The number of hydrogen-bond acceptors (Lipinski definition) is 3. The fraction of sp³-hybridized carbons (Fsp3) is 0.833. The first kappa shape index (κ1) is 15.9. The minimum absolute atomic E-state index is 0.0629. The van der Waals surface area contributed by atoms with Gasteiger partial charge >= 0.3 is 0 Å². The van der Waals surface area contributed by atoms with E-state index in [2.05, 4.69) is 31.4 Å². The molecule has 0 spiro atoms. The van der Waals surface area contributed by atoms with Crippen molar-refractivity contribution in [2.75, 3.05) is 13.1 Å². The van der Waals surface area contributed by atoms with Gasteiger partial charge in [0.25, 0.3) is 0 Å². The summed E-state index contributed by atoms with van der Waals surface area (Å²) < 4.78 is 0. The highest BCUT2D eigenvalue weighted by Crippen LogP contribution is 2.20. The average molecular weight is 243 g/mol. The second-order valence-corrected chi connectivity index (χ2v) is 5.56. The fourth-order valence-corrected chi connectivity index (χ4v) is 1.61. The maximum absolute atomic E-state index is 11.5. The zero-order valence-corrected chi connectivity index (χ0v) is 11.3. The van der Waals surface area contributed by atoms with E-state index < -0.39 is 0 Å². The van der Waals surface area contributed by atoms with Gasteiger partial charge in [0.2, 0.25) is 11.8 Å². The van der Waals surface area contributed by atoms with Gasteiger partial charge in [0.15, 0.2) is 0 Å². The number of nitrogens with one attached hydrogen (secondary N) is 2. The minimum Gasteiger partial charge on any atom is -0.355 e. The standard InChI is InChI=1S/C12H25N3O2/c1-9(16)14-5-6-15-11(17)7-10(13)8-12(2,3)4/h10H,5-8,13H2,1-4H3,(H,14,16)(H,15,17). The smallest absolute Gasteiger partial charge is 0.221 e. The number of amides is 2. The van der Waals surface area contributed by atoms with Crippen LogP contribution >= 0.6 is 0 Å². The summed E-state index contributed by atoms with van der Waals surface area (Å²) in [4.78, 5) is 22.1. The average Bonchev–Trinajstić information content (AvgIpc) is 2.08. The summed E-state index contributed by atoms with van der Waals surface area (Å²) in [6.45, 7) is 8.64. The number of rotatable bonds is 6. The molecule has 1 atom stereocenters. The van der Waals surface area contributed by atoms with Gasteiger partial charge < -0.3 is 16.4 Å². The fourth-order valence-electron chi connectivity index (χ4n) is 1.61. The number of carbonyl (C=O) groups is 2. The summed E-state index contributed by atoms with van der Waals surface area (Å²) in [5.41, 5.74) is 6.02. The molecule has 0 heterocycles. The molecule has 0 radical (unpaired) electrons. The van der Waals surface area contributed by atoms with Crippen molar-refractivity contribution in [3.63, 3.8) is 0 Å². The molecule has 0 saturated heterocycles. The van der Waals surface area contributed by atoms with Crippen LogP contribution in [0.5, 0.6) is 0 Å². The first-order valence-corrected chi connectivity index (χ1v) is 5.97. The van der Waals surface area contributed by atoms with Gasteiger partial charge in [-0.15, -0.1) is 0 Å². The molecular formula is C12H25N3O2. The Morgan fingerprint density at radius 3 is 2.18 bits per heavy atom. The van der Waals surface area contributed by atoms with Crippen LogP contribution in [0.2, 0.25) is 0 Å². The summed E-state index contributed by atoms with van der Waals surface area (Å²) in [5.74, 6) is -0.157. The molecule has 100 valence electrons. The van der Waals surface area contributed by atoms with Gasteiger partial charge in [-0.2, -0.15) is 0 Å². The van der Waals surface area contributed by atoms with Crippen LogP contribution in [0.1, 0.15) is 40.5 Å². The van der Waals surface area contributed by atoms with Crippen molar-refractivity contribution in [2.24, 2.45) is 11.1 Å². The topological polar surface area (TPSA) is 84.2 Å². The molecule has 0 fully saturated rings.